The number of hydrogen-bond acceptors (Lipinski definition) is 5. The molecule has 0 aliphatic rings. The standard InChI is InChI=1S/C10H11N3O2S.2ClH/c11-7(10(14)15)4-5-3-6-8(16-5)1-2-13-9(6)12;;/h1-3,7H,4,11H2,(H2,12,13)(H,14,15);2*1H. The van der Waals surface area contributed by atoms with Gasteiger partial charge in [-0.05, 0) is 12.1 Å². The van der Waals surface area contributed by atoms with Crippen molar-refractivity contribution in [3.05, 3.63) is 23.2 Å². The predicted octanol–water partition coefficient (Wildman–Crippen LogP) is 1.68. The van der Waals surface area contributed by atoms with Crippen LogP contribution in [0.1, 0.15) is 4.88 Å². The molecule has 5 N–H and O–H groups in total. The SMILES string of the molecule is Cl.Cl.Nc1nccc2sc(CC(N)C(=O)O)cc12. The number of nitrogen functional groups attached to an aromatic ring is 1. The highest BCUT2D eigenvalue weighted by Gasteiger charge is 2.14. The van der Waals surface area contributed by atoms with Crippen LogP contribution in [-0.4, -0.2) is 22.1 Å². The number of thiophene rings is 1. The number of carboxylic acid groups (broad SMARTS) is 1. The van der Waals surface area contributed by atoms with Gasteiger partial charge in [0.25, 0.3) is 0 Å². The van der Waals surface area contributed by atoms with Gasteiger partial charge in [0.2, 0.25) is 0 Å². The fourth-order valence-corrected chi connectivity index (χ4v) is 2.57. The van der Waals surface area contributed by atoms with E-state index in [0.29, 0.717) is 12.2 Å². The Kier molecular flexibility index (Phi) is 6.34. The van der Waals surface area contributed by atoms with E-state index < -0.39 is 12.0 Å². The molecule has 5 nitrogen and oxygen atoms in total. The summed E-state index contributed by atoms with van der Waals surface area (Å²) in [7, 11) is 0. The van der Waals surface area contributed by atoms with Crippen molar-refractivity contribution in [2.45, 2.75) is 12.5 Å². The van der Waals surface area contributed by atoms with E-state index in [2.05, 4.69) is 4.98 Å². The van der Waals surface area contributed by atoms with Gasteiger partial charge in [-0.3, -0.25) is 4.79 Å². The summed E-state index contributed by atoms with van der Waals surface area (Å²) < 4.78 is 1.00. The maximum Gasteiger partial charge on any atom is 0.320 e. The van der Waals surface area contributed by atoms with Crippen molar-refractivity contribution in [1.29, 1.82) is 0 Å². The summed E-state index contributed by atoms with van der Waals surface area (Å²) in [6.45, 7) is 0. The van der Waals surface area contributed by atoms with Crippen LogP contribution in [0.3, 0.4) is 0 Å². The third kappa shape index (κ3) is 3.46. The van der Waals surface area contributed by atoms with Crippen molar-refractivity contribution in [1.82, 2.24) is 4.98 Å². The number of pyridine rings is 1. The Morgan fingerprint density at radius 2 is 2.17 bits per heavy atom. The first-order valence-corrected chi connectivity index (χ1v) is 5.51. The Hall–Kier alpha value is -1.08. The zero-order valence-electron chi connectivity index (χ0n) is 9.20. The van der Waals surface area contributed by atoms with Crippen LogP contribution in [0.4, 0.5) is 5.82 Å². The molecule has 2 aromatic rings. The average Bonchev–Trinajstić information content (AvgIpc) is 2.61. The van der Waals surface area contributed by atoms with Crippen LogP contribution in [0.25, 0.3) is 10.1 Å². The second kappa shape index (κ2) is 6.75. The van der Waals surface area contributed by atoms with Crippen LogP contribution in [-0.2, 0) is 11.2 Å². The maximum atomic E-state index is 10.6. The van der Waals surface area contributed by atoms with Crippen LogP contribution in [0.15, 0.2) is 18.3 Å². The number of nitrogens with two attached hydrogens (primary N) is 2. The van der Waals surface area contributed by atoms with Crippen molar-refractivity contribution in [3.8, 4) is 0 Å². The molecule has 0 spiro atoms. The first kappa shape index (κ1) is 16.9. The highest BCUT2D eigenvalue weighted by Crippen LogP contribution is 2.28. The molecule has 1 unspecified atom stereocenters. The number of anilines is 1. The highest BCUT2D eigenvalue weighted by atomic mass is 35.5. The minimum atomic E-state index is -0.997. The van der Waals surface area contributed by atoms with E-state index in [1.54, 1.807) is 6.20 Å². The molecule has 0 aromatic carbocycles. The quantitative estimate of drug-likeness (QED) is 0.800. The van der Waals surface area contributed by atoms with Crippen LogP contribution >= 0.6 is 36.2 Å². The molecule has 0 bridgehead atoms. The highest BCUT2D eigenvalue weighted by molar-refractivity contribution is 7.19. The summed E-state index contributed by atoms with van der Waals surface area (Å²) >= 11 is 1.49. The molecule has 0 fully saturated rings. The van der Waals surface area contributed by atoms with E-state index >= 15 is 0 Å². The minimum absolute atomic E-state index is 0. The molecule has 18 heavy (non-hydrogen) atoms. The second-order valence-corrected chi connectivity index (χ2v) is 4.64. The van der Waals surface area contributed by atoms with Gasteiger partial charge < -0.3 is 16.6 Å². The first-order valence-electron chi connectivity index (χ1n) is 4.69. The normalized spacial score (nSPS) is 11.4. The van der Waals surface area contributed by atoms with E-state index in [4.69, 9.17) is 16.6 Å². The van der Waals surface area contributed by atoms with E-state index in [9.17, 15) is 4.79 Å². The number of hydrogen-bond donors (Lipinski definition) is 3. The van der Waals surface area contributed by atoms with E-state index in [1.807, 2.05) is 12.1 Å². The molecule has 2 rings (SSSR count). The van der Waals surface area contributed by atoms with Crippen LogP contribution < -0.4 is 11.5 Å². The molecule has 2 aromatic heterocycles. The van der Waals surface area contributed by atoms with Crippen molar-refractivity contribution < 1.29 is 9.90 Å². The number of nitrogens with zero attached hydrogens (tertiary/aromatic N) is 1. The molecule has 0 saturated carbocycles. The molecule has 0 aliphatic heterocycles. The van der Waals surface area contributed by atoms with Crippen LogP contribution in [0.5, 0.6) is 0 Å². The van der Waals surface area contributed by atoms with E-state index in [0.717, 1.165) is 15.0 Å². The van der Waals surface area contributed by atoms with E-state index in [1.165, 1.54) is 11.3 Å². The summed E-state index contributed by atoms with van der Waals surface area (Å²) in [5.41, 5.74) is 11.2. The Balaban J connectivity index is 0.00000144. The summed E-state index contributed by atoms with van der Waals surface area (Å²) in [5, 5.41) is 9.58. The summed E-state index contributed by atoms with van der Waals surface area (Å²) in [4.78, 5) is 15.5. The predicted molar refractivity (Wildman–Crippen MR) is 77.8 cm³/mol. The summed E-state index contributed by atoms with van der Waals surface area (Å²) in [6, 6.07) is 2.83. The van der Waals surface area contributed by atoms with Gasteiger partial charge >= 0.3 is 5.97 Å². The number of fused-ring (bicyclic) bond motifs is 1. The zero-order valence-corrected chi connectivity index (χ0v) is 11.6. The number of rotatable bonds is 3. The lowest BCUT2D eigenvalue weighted by molar-refractivity contribution is -0.138. The molecule has 2 heterocycles. The number of halogens is 2. The Bertz CT molecular complexity index is 547. The topological polar surface area (TPSA) is 102 Å². The maximum absolute atomic E-state index is 10.6. The van der Waals surface area contributed by atoms with Crippen molar-refractivity contribution >= 4 is 58.0 Å². The number of aliphatic carboxylic acids is 1. The van der Waals surface area contributed by atoms with Gasteiger partial charge in [-0.2, -0.15) is 0 Å². The number of aromatic nitrogens is 1. The Labute approximate surface area is 120 Å². The molecule has 0 amide bonds. The number of carboxylic acids is 1. The molecular weight excluding hydrogens is 297 g/mol. The van der Waals surface area contributed by atoms with Gasteiger partial charge in [-0.1, -0.05) is 0 Å². The minimum Gasteiger partial charge on any atom is -0.480 e. The second-order valence-electron chi connectivity index (χ2n) is 3.47. The third-order valence-corrected chi connectivity index (χ3v) is 3.39. The van der Waals surface area contributed by atoms with E-state index in [-0.39, 0.29) is 24.8 Å². The summed E-state index contributed by atoms with van der Waals surface area (Å²) in [6.07, 6.45) is 1.95. The Morgan fingerprint density at radius 1 is 1.50 bits per heavy atom. The van der Waals surface area contributed by atoms with Crippen molar-refractivity contribution in [2.24, 2.45) is 5.73 Å². The smallest absolute Gasteiger partial charge is 0.320 e. The summed E-state index contributed by atoms with van der Waals surface area (Å²) in [5.74, 6) is -0.535. The van der Waals surface area contributed by atoms with Gasteiger partial charge in [-0.25, -0.2) is 4.98 Å². The fourth-order valence-electron chi connectivity index (χ4n) is 1.44. The molecular formula is C10H13Cl2N3O2S. The zero-order chi connectivity index (χ0) is 11.7. The van der Waals surface area contributed by atoms with Gasteiger partial charge in [0, 0.05) is 27.6 Å². The molecule has 0 saturated heterocycles. The van der Waals surface area contributed by atoms with Gasteiger partial charge in [0.15, 0.2) is 0 Å². The monoisotopic (exact) mass is 309 g/mol. The molecule has 1 atom stereocenters. The lowest BCUT2D eigenvalue weighted by Gasteiger charge is -2.02. The number of carbonyl (C=O) groups is 1. The van der Waals surface area contributed by atoms with Gasteiger partial charge in [0.1, 0.15) is 11.9 Å². The third-order valence-electron chi connectivity index (χ3n) is 2.27. The lowest BCUT2D eigenvalue weighted by Crippen LogP contribution is -2.31. The molecule has 100 valence electrons. The van der Waals surface area contributed by atoms with Crippen molar-refractivity contribution in [2.75, 3.05) is 5.73 Å². The van der Waals surface area contributed by atoms with Gasteiger partial charge in [-0.15, -0.1) is 36.2 Å². The van der Waals surface area contributed by atoms with Crippen molar-refractivity contribution in [3.63, 3.8) is 0 Å². The first-order chi connectivity index (χ1) is 7.58. The van der Waals surface area contributed by atoms with Gasteiger partial charge in [0.05, 0.1) is 0 Å². The molecule has 8 heteroatoms. The Morgan fingerprint density at radius 3 is 2.72 bits per heavy atom. The van der Waals surface area contributed by atoms with Crippen LogP contribution in [0, 0.1) is 0 Å². The average molecular weight is 310 g/mol. The largest absolute Gasteiger partial charge is 0.480 e. The van der Waals surface area contributed by atoms with Crippen LogP contribution in [0.2, 0.25) is 0 Å². The molecule has 0 aliphatic carbocycles. The fraction of sp³-hybridized carbons (Fsp3) is 0.200. The lowest BCUT2D eigenvalue weighted by atomic mass is 10.2. The molecule has 0 radical (unpaired) electrons.